The summed E-state index contributed by atoms with van der Waals surface area (Å²) in [5.41, 5.74) is 2.00. The van der Waals surface area contributed by atoms with E-state index in [1.807, 2.05) is 19.4 Å². The lowest BCUT2D eigenvalue weighted by Gasteiger charge is -2.15. The Bertz CT molecular complexity index is 592. The highest BCUT2D eigenvalue weighted by atomic mass is 32.2. The minimum atomic E-state index is -1.02. The molecule has 20 heavy (non-hydrogen) atoms. The molecule has 0 unspecified atom stereocenters. The summed E-state index contributed by atoms with van der Waals surface area (Å²) in [7, 11) is -1.02. The fourth-order valence-corrected chi connectivity index (χ4v) is 3.09. The van der Waals surface area contributed by atoms with Crippen molar-refractivity contribution < 1.29 is 4.74 Å². The van der Waals surface area contributed by atoms with Crippen LogP contribution in [0.4, 0.5) is 0 Å². The second kappa shape index (κ2) is 6.28. The second-order valence-electron chi connectivity index (χ2n) is 6.17. The molecule has 0 aliphatic carbocycles. The number of aromatic nitrogens is 3. The molecular weight excluding hydrogens is 286 g/mol. The molecular formula is C14H23N3OSSi. The highest BCUT2D eigenvalue weighted by Crippen LogP contribution is 2.20. The van der Waals surface area contributed by atoms with Crippen molar-refractivity contribution in [2.45, 2.75) is 44.5 Å². The number of nitrogens with zero attached hydrogens (tertiary/aromatic N) is 3. The number of hydrogen-bond donors (Lipinski definition) is 0. The molecule has 2 rings (SSSR count). The summed E-state index contributed by atoms with van der Waals surface area (Å²) in [5.74, 6) is 0. The Labute approximate surface area is 126 Å². The Morgan fingerprint density at radius 2 is 2.05 bits per heavy atom. The minimum absolute atomic E-state index is 0.568. The van der Waals surface area contributed by atoms with Gasteiger partial charge in [-0.25, -0.2) is 9.97 Å². The van der Waals surface area contributed by atoms with E-state index in [0.717, 1.165) is 28.5 Å². The summed E-state index contributed by atoms with van der Waals surface area (Å²) in [6, 6.07) is 3.26. The summed E-state index contributed by atoms with van der Waals surface area (Å²) in [6.45, 7) is 10.5. The molecule has 0 aliphatic heterocycles. The summed E-state index contributed by atoms with van der Waals surface area (Å²) >= 11 is 1.57. The Morgan fingerprint density at radius 3 is 2.70 bits per heavy atom. The van der Waals surface area contributed by atoms with E-state index in [4.69, 9.17) is 4.74 Å². The molecule has 0 spiro atoms. The molecule has 2 aromatic rings. The van der Waals surface area contributed by atoms with E-state index in [-0.39, 0.29) is 0 Å². The van der Waals surface area contributed by atoms with Crippen LogP contribution in [0.3, 0.4) is 0 Å². The fraction of sp³-hybridized carbons (Fsp3) is 0.571. The lowest BCUT2D eigenvalue weighted by atomic mass is 10.3. The maximum atomic E-state index is 5.81. The van der Waals surface area contributed by atoms with Crippen molar-refractivity contribution in [2.75, 3.05) is 12.9 Å². The lowest BCUT2D eigenvalue weighted by molar-refractivity contribution is 0.0898. The van der Waals surface area contributed by atoms with Gasteiger partial charge in [0.15, 0.2) is 5.16 Å². The average Bonchev–Trinajstić information content (AvgIpc) is 2.77. The van der Waals surface area contributed by atoms with Gasteiger partial charge in [-0.3, -0.25) is 0 Å². The Kier molecular flexibility index (Phi) is 4.88. The van der Waals surface area contributed by atoms with E-state index < -0.39 is 8.07 Å². The predicted molar refractivity (Wildman–Crippen MR) is 88.2 cm³/mol. The summed E-state index contributed by atoms with van der Waals surface area (Å²) < 4.78 is 7.87. The zero-order chi connectivity index (χ0) is 14.8. The molecule has 0 atom stereocenters. The molecule has 2 aromatic heterocycles. The normalized spacial score (nSPS) is 12.2. The van der Waals surface area contributed by atoms with Crippen molar-refractivity contribution in [2.24, 2.45) is 0 Å². The lowest BCUT2D eigenvalue weighted by Crippen LogP contribution is -2.22. The number of rotatable bonds is 6. The molecule has 0 aromatic carbocycles. The van der Waals surface area contributed by atoms with E-state index in [1.165, 1.54) is 6.04 Å². The maximum absolute atomic E-state index is 5.81. The molecule has 0 amide bonds. The van der Waals surface area contributed by atoms with Gasteiger partial charge in [-0.15, -0.1) is 0 Å². The van der Waals surface area contributed by atoms with Gasteiger partial charge in [0.1, 0.15) is 12.4 Å². The van der Waals surface area contributed by atoms with Crippen LogP contribution in [0.15, 0.2) is 17.4 Å². The van der Waals surface area contributed by atoms with Gasteiger partial charge in [0.2, 0.25) is 0 Å². The van der Waals surface area contributed by atoms with E-state index in [2.05, 4.69) is 40.2 Å². The van der Waals surface area contributed by atoms with Gasteiger partial charge in [0, 0.05) is 26.3 Å². The number of fused-ring (bicyclic) bond motifs is 1. The van der Waals surface area contributed by atoms with Gasteiger partial charge < -0.3 is 9.30 Å². The van der Waals surface area contributed by atoms with E-state index >= 15 is 0 Å². The van der Waals surface area contributed by atoms with Gasteiger partial charge in [0.05, 0.1) is 5.69 Å². The van der Waals surface area contributed by atoms with Crippen molar-refractivity contribution >= 4 is 30.9 Å². The third-order valence-corrected chi connectivity index (χ3v) is 5.45. The average molecular weight is 310 g/mol. The largest absolute Gasteiger partial charge is 0.361 e. The van der Waals surface area contributed by atoms with Gasteiger partial charge in [-0.05, 0) is 25.3 Å². The van der Waals surface area contributed by atoms with Crippen molar-refractivity contribution in [1.82, 2.24) is 14.5 Å². The van der Waals surface area contributed by atoms with Gasteiger partial charge in [-0.1, -0.05) is 31.4 Å². The molecule has 6 heteroatoms. The summed E-state index contributed by atoms with van der Waals surface area (Å²) in [5, 5.41) is 1.92. The van der Waals surface area contributed by atoms with E-state index in [9.17, 15) is 0 Å². The Morgan fingerprint density at radius 1 is 1.30 bits per heavy atom. The third kappa shape index (κ3) is 3.83. The van der Waals surface area contributed by atoms with Crippen LogP contribution < -0.4 is 0 Å². The smallest absolute Gasteiger partial charge is 0.189 e. The van der Waals surface area contributed by atoms with Crippen LogP contribution in [0.2, 0.25) is 25.7 Å². The van der Waals surface area contributed by atoms with Crippen LogP contribution in [-0.4, -0.2) is 35.5 Å². The standard InChI is InChI=1S/C14H23N3OSSi/c1-11-12-6-7-17(10-18-8-9-20(3,4)5)13(12)16-14(15-11)19-2/h6-7H,8-10H2,1-5H3. The first-order chi connectivity index (χ1) is 9.40. The number of ether oxygens (including phenoxy) is 1. The van der Waals surface area contributed by atoms with Crippen LogP contribution >= 0.6 is 11.8 Å². The van der Waals surface area contributed by atoms with Crippen molar-refractivity contribution in [3.05, 3.63) is 18.0 Å². The molecule has 0 saturated carbocycles. The summed E-state index contributed by atoms with van der Waals surface area (Å²) in [4.78, 5) is 9.05. The Balaban J connectivity index is 2.09. The fourth-order valence-electron chi connectivity index (χ4n) is 1.93. The minimum Gasteiger partial charge on any atom is -0.361 e. The highest BCUT2D eigenvalue weighted by Gasteiger charge is 2.13. The number of hydrogen-bond acceptors (Lipinski definition) is 4. The third-order valence-electron chi connectivity index (χ3n) is 3.20. The van der Waals surface area contributed by atoms with Gasteiger partial charge in [-0.2, -0.15) is 0 Å². The first-order valence-electron chi connectivity index (χ1n) is 6.86. The molecule has 0 radical (unpaired) electrons. The SMILES string of the molecule is CSc1nc(C)c2ccn(COCC[Si](C)(C)C)c2n1. The molecule has 0 bridgehead atoms. The molecule has 0 N–H and O–H groups in total. The number of thioether (sulfide) groups is 1. The zero-order valence-electron chi connectivity index (χ0n) is 12.9. The van der Waals surface area contributed by atoms with Crippen LogP contribution in [0, 0.1) is 6.92 Å². The van der Waals surface area contributed by atoms with Crippen LogP contribution in [0.5, 0.6) is 0 Å². The number of aryl methyl sites for hydroxylation is 1. The zero-order valence-corrected chi connectivity index (χ0v) is 14.8. The van der Waals surface area contributed by atoms with E-state index in [1.54, 1.807) is 11.8 Å². The van der Waals surface area contributed by atoms with Crippen molar-refractivity contribution in [1.29, 1.82) is 0 Å². The van der Waals surface area contributed by atoms with Crippen LogP contribution in [-0.2, 0) is 11.5 Å². The predicted octanol–water partition coefficient (Wildman–Crippen LogP) is 3.77. The van der Waals surface area contributed by atoms with Gasteiger partial charge in [0.25, 0.3) is 0 Å². The van der Waals surface area contributed by atoms with Crippen molar-refractivity contribution in [3.8, 4) is 0 Å². The van der Waals surface area contributed by atoms with E-state index in [0.29, 0.717) is 6.73 Å². The molecule has 0 fully saturated rings. The van der Waals surface area contributed by atoms with Crippen LogP contribution in [0.25, 0.3) is 11.0 Å². The Hall–Kier alpha value is -0.853. The topological polar surface area (TPSA) is 39.9 Å². The molecule has 4 nitrogen and oxygen atoms in total. The van der Waals surface area contributed by atoms with Gasteiger partial charge >= 0.3 is 0 Å². The first-order valence-corrected chi connectivity index (χ1v) is 11.8. The van der Waals surface area contributed by atoms with Crippen LogP contribution in [0.1, 0.15) is 5.69 Å². The molecule has 0 saturated heterocycles. The quantitative estimate of drug-likeness (QED) is 0.352. The summed E-state index contributed by atoms with van der Waals surface area (Å²) in [6.07, 6.45) is 4.03. The second-order valence-corrected chi connectivity index (χ2v) is 12.6. The molecule has 110 valence electrons. The first kappa shape index (κ1) is 15.5. The molecule has 2 heterocycles. The van der Waals surface area contributed by atoms with Crippen molar-refractivity contribution in [3.63, 3.8) is 0 Å². The highest BCUT2D eigenvalue weighted by molar-refractivity contribution is 7.98. The maximum Gasteiger partial charge on any atom is 0.189 e. The molecule has 0 aliphatic rings. The monoisotopic (exact) mass is 309 g/mol.